The topological polar surface area (TPSA) is 148 Å². The van der Waals surface area contributed by atoms with Crippen LogP contribution in [-0.2, 0) is 14.8 Å². The predicted molar refractivity (Wildman–Crippen MR) is 110 cm³/mol. The molecule has 2 amide bonds. The van der Waals surface area contributed by atoms with Crippen molar-refractivity contribution >= 4 is 21.8 Å². The van der Waals surface area contributed by atoms with Crippen molar-refractivity contribution in [1.29, 1.82) is 0 Å². The Bertz CT molecular complexity index is 1200. The van der Waals surface area contributed by atoms with Gasteiger partial charge in [-0.15, -0.1) is 5.10 Å². The van der Waals surface area contributed by atoms with E-state index in [0.29, 0.717) is 5.69 Å². The van der Waals surface area contributed by atoms with Crippen LogP contribution in [0.1, 0.15) is 24.2 Å². The van der Waals surface area contributed by atoms with Gasteiger partial charge in [-0.2, -0.15) is 4.72 Å². The van der Waals surface area contributed by atoms with Gasteiger partial charge >= 0.3 is 0 Å². The van der Waals surface area contributed by atoms with E-state index in [1.54, 1.807) is 26.0 Å². The zero-order chi connectivity index (χ0) is 23.3. The highest BCUT2D eigenvalue weighted by atomic mass is 32.2. The lowest BCUT2D eigenvalue weighted by molar-refractivity contribution is -0.124. The number of rotatable bonds is 7. The van der Waals surface area contributed by atoms with Gasteiger partial charge in [0.1, 0.15) is 23.1 Å². The number of carbonyl (C=O) groups excluding carboxylic acids is 2. The minimum Gasteiger partial charge on any atom is -0.271 e. The maximum Gasteiger partial charge on any atom is 0.269 e. The van der Waals surface area contributed by atoms with E-state index in [1.165, 1.54) is 35.3 Å². The molecule has 3 aromatic rings. The number of nitrogens with zero attached hydrogens (tertiary/aromatic N) is 4. The van der Waals surface area contributed by atoms with Gasteiger partial charge in [0.25, 0.3) is 11.8 Å². The third kappa shape index (κ3) is 5.31. The van der Waals surface area contributed by atoms with Crippen molar-refractivity contribution in [2.24, 2.45) is 5.92 Å². The largest absolute Gasteiger partial charge is 0.271 e. The molecule has 1 heterocycles. The first-order valence-corrected chi connectivity index (χ1v) is 10.9. The Labute approximate surface area is 183 Å². The van der Waals surface area contributed by atoms with Crippen molar-refractivity contribution in [1.82, 2.24) is 35.8 Å². The van der Waals surface area contributed by atoms with E-state index in [1.807, 2.05) is 0 Å². The molecule has 0 aliphatic heterocycles. The van der Waals surface area contributed by atoms with Gasteiger partial charge in [0.15, 0.2) is 0 Å². The van der Waals surface area contributed by atoms with Gasteiger partial charge in [-0.05, 0) is 52.7 Å². The van der Waals surface area contributed by atoms with Crippen molar-refractivity contribution in [3.8, 4) is 5.69 Å². The summed E-state index contributed by atoms with van der Waals surface area (Å²) in [5, 5.41) is 10.8. The van der Waals surface area contributed by atoms with Crippen LogP contribution < -0.4 is 15.6 Å². The third-order valence-corrected chi connectivity index (χ3v) is 5.87. The van der Waals surface area contributed by atoms with Gasteiger partial charge in [0.05, 0.1) is 5.69 Å². The van der Waals surface area contributed by atoms with Crippen molar-refractivity contribution in [3.63, 3.8) is 0 Å². The Morgan fingerprint density at radius 1 is 1.03 bits per heavy atom. The lowest BCUT2D eigenvalue weighted by Crippen LogP contribution is -2.54. The summed E-state index contributed by atoms with van der Waals surface area (Å²) >= 11 is 0. The minimum atomic E-state index is -4.31. The molecular weight excluding hydrogens is 441 g/mol. The average Bonchev–Trinajstić information content (AvgIpc) is 3.31. The number of amides is 2. The number of hydrazine groups is 1. The Balaban J connectivity index is 1.65. The summed E-state index contributed by atoms with van der Waals surface area (Å²) in [7, 11) is -4.31. The number of aromatic nitrogens is 4. The smallest absolute Gasteiger partial charge is 0.269 e. The molecule has 13 heteroatoms. The van der Waals surface area contributed by atoms with Crippen LogP contribution >= 0.6 is 0 Å². The molecule has 0 fully saturated rings. The van der Waals surface area contributed by atoms with Gasteiger partial charge in [-0.3, -0.25) is 20.4 Å². The molecule has 0 bridgehead atoms. The molecule has 11 nitrogen and oxygen atoms in total. The SMILES string of the molecule is CC(C)C(NS(=O)(=O)c1ccccc1F)C(=O)NNC(=O)c1ccc(-n2cnnn2)cc1. The number of benzene rings is 2. The van der Waals surface area contributed by atoms with Crippen molar-refractivity contribution < 1.29 is 22.4 Å². The van der Waals surface area contributed by atoms with E-state index in [-0.39, 0.29) is 5.56 Å². The summed E-state index contributed by atoms with van der Waals surface area (Å²) in [4.78, 5) is 24.3. The van der Waals surface area contributed by atoms with Crippen LogP contribution in [0.15, 0.2) is 59.8 Å². The average molecular weight is 461 g/mol. The molecule has 168 valence electrons. The van der Waals surface area contributed by atoms with E-state index < -0.39 is 44.5 Å². The molecule has 1 atom stereocenters. The van der Waals surface area contributed by atoms with Gasteiger partial charge in [-0.1, -0.05) is 26.0 Å². The fraction of sp³-hybridized carbons (Fsp3) is 0.211. The molecule has 2 aromatic carbocycles. The Morgan fingerprint density at radius 2 is 1.72 bits per heavy atom. The molecule has 32 heavy (non-hydrogen) atoms. The molecule has 0 spiro atoms. The Hall–Kier alpha value is -3.71. The molecule has 3 rings (SSSR count). The number of hydrogen-bond acceptors (Lipinski definition) is 7. The van der Waals surface area contributed by atoms with Crippen molar-refractivity contribution in [3.05, 3.63) is 66.2 Å². The molecule has 0 aliphatic carbocycles. The van der Waals surface area contributed by atoms with Crippen LogP contribution in [0.2, 0.25) is 0 Å². The summed E-state index contributed by atoms with van der Waals surface area (Å²) in [5.41, 5.74) is 5.28. The van der Waals surface area contributed by atoms with Gasteiger partial charge in [-0.25, -0.2) is 17.5 Å². The zero-order valence-electron chi connectivity index (χ0n) is 17.1. The summed E-state index contributed by atoms with van der Waals surface area (Å²) < 4.78 is 42.5. The predicted octanol–water partition coefficient (Wildman–Crippen LogP) is 0.566. The highest BCUT2D eigenvalue weighted by molar-refractivity contribution is 7.89. The van der Waals surface area contributed by atoms with Crippen LogP contribution in [0.3, 0.4) is 0 Å². The number of halogens is 1. The zero-order valence-corrected chi connectivity index (χ0v) is 17.9. The summed E-state index contributed by atoms with van der Waals surface area (Å²) in [6.45, 7) is 3.21. The Morgan fingerprint density at radius 3 is 2.31 bits per heavy atom. The molecule has 1 unspecified atom stereocenters. The highest BCUT2D eigenvalue weighted by Crippen LogP contribution is 2.15. The van der Waals surface area contributed by atoms with Crippen molar-refractivity contribution in [2.75, 3.05) is 0 Å². The van der Waals surface area contributed by atoms with Gasteiger partial charge in [0, 0.05) is 5.56 Å². The number of carbonyl (C=O) groups is 2. The first kappa shape index (κ1) is 23.0. The van der Waals surface area contributed by atoms with E-state index >= 15 is 0 Å². The van der Waals surface area contributed by atoms with E-state index in [0.717, 1.165) is 12.1 Å². The molecule has 0 radical (unpaired) electrons. The van der Waals surface area contributed by atoms with E-state index in [2.05, 4.69) is 31.1 Å². The number of nitrogens with one attached hydrogen (secondary N) is 3. The Kier molecular flexibility index (Phi) is 6.90. The summed E-state index contributed by atoms with van der Waals surface area (Å²) in [5.74, 6) is -2.87. The number of hydrogen-bond donors (Lipinski definition) is 3. The summed E-state index contributed by atoms with van der Waals surface area (Å²) in [6.07, 6.45) is 1.39. The standard InChI is InChI=1S/C19H20FN7O4S/c1-12(2)17(24-32(30,31)16-6-4-3-5-15(16)20)19(29)23-22-18(28)13-7-9-14(10-8-13)27-11-21-25-26-27/h3-12,17,24H,1-2H3,(H,22,28)(H,23,29). The maximum absolute atomic E-state index is 13.9. The monoisotopic (exact) mass is 461 g/mol. The highest BCUT2D eigenvalue weighted by Gasteiger charge is 2.30. The lowest BCUT2D eigenvalue weighted by Gasteiger charge is -2.22. The molecule has 0 aliphatic rings. The van der Waals surface area contributed by atoms with Crippen LogP contribution in [0.5, 0.6) is 0 Å². The molecule has 3 N–H and O–H groups in total. The molecule has 0 saturated heterocycles. The fourth-order valence-corrected chi connectivity index (χ4v) is 4.12. The van der Waals surface area contributed by atoms with Crippen LogP contribution in [0.4, 0.5) is 4.39 Å². The van der Waals surface area contributed by atoms with Crippen LogP contribution in [0.25, 0.3) is 5.69 Å². The first-order chi connectivity index (χ1) is 15.2. The number of tetrazole rings is 1. The molecule has 1 aromatic heterocycles. The van der Waals surface area contributed by atoms with Crippen LogP contribution in [-0.4, -0.2) is 46.5 Å². The van der Waals surface area contributed by atoms with E-state index in [9.17, 15) is 22.4 Å². The first-order valence-electron chi connectivity index (χ1n) is 9.39. The lowest BCUT2D eigenvalue weighted by atomic mass is 10.1. The maximum atomic E-state index is 13.9. The molecular formula is C19H20FN7O4S. The quantitative estimate of drug-likeness (QED) is 0.436. The summed E-state index contributed by atoms with van der Waals surface area (Å²) in [6, 6.07) is 9.76. The minimum absolute atomic E-state index is 0.232. The number of sulfonamides is 1. The fourth-order valence-electron chi connectivity index (χ4n) is 2.70. The second-order valence-corrected chi connectivity index (χ2v) is 8.70. The third-order valence-electron chi connectivity index (χ3n) is 4.40. The normalized spacial score (nSPS) is 12.4. The van der Waals surface area contributed by atoms with Crippen LogP contribution in [0, 0.1) is 11.7 Å². The van der Waals surface area contributed by atoms with Gasteiger partial charge in [0.2, 0.25) is 10.0 Å². The second kappa shape index (κ2) is 9.62. The van der Waals surface area contributed by atoms with E-state index in [4.69, 9.17) is 0 Å². The van der Waals surface area contributed by atoms with Crippen molar-refractivity contribution in [2.45, 2.75) is 24.8 Å². The van der Waals surface area contributed by atoms with Gasteiger partial charge < -0.3 is 0 Å². The molecule has 0 saturated carbocycles. The second-order valence-electron chi connectivity index (χ2n) is 7.02.